The predicted molar refractivity (Wildman–Crippen MR) is 78.1 cm³/mol. The summed E-state index contributed by atoms with van der Waals surface area (Å²) in [6.07, 6.45) is 0.952. The van der Waals surface area contributed by atoms with Crippen LogP contribution in [0.5, 0.6) is 5.75 Å². The van der Waals surface area contributed by atoms with Crippen molar-refractivity contribution in [1.29, 1.82) is 0 Å². The minimum atomic E-state index is -3.13. The Hall–Kier alpha value is -1.07. The van der Waals surface area contributed by atoms with Crippen molar-refractivity contribution in [2.45, 2.75) is 38.5 Å². The van der Waals surface area contributed by atoms with Gasteiger partial charge in [-0.15, -0.1) is 0 Å². The average molecular weight is 285 g/mol. The molecule has 0 aliphatic carbocycles. The molecule has 1 rings (SSSR count). The van der Waals surface area contributed by atoms with Gasteiger partial charge in [-0.3, -0.25) is 0 Å². The topological polar surface area (TPSA) is 69.4 Å². The average Bonchev–Trinajstić information content (AvgIpc) is 2.36. The Kier molecular flexibility index (Phi) is 5.82. The van der Waals surface area contributed by atoms with Crippen LogP contribution in [-0.2, 0) is 9.84 Å². The number of hydrogen-bond donors (Lipinski definition) is 1. The molecule has 19 heavy (non-hydrogen) atoms. The van der Waals surface area contributed by atoms with Gasteiger partial charge in [0, 0.05) is 6.04 Å². The normalized spacial score (nSPS) is 13.5. The molecule has 108 valence electrons. The van der Waals surface area contributed by atoms with Crippen molar-refractivity contribution in [2.75, 3.05) is 12.4 Å². The van der Waals surface area contributed by atoms with Crippen molar-refractivity contribution in [2.24, 2.45) is 5.73 Å². The molecule has 0 saturated carbocycles. The maximum Gasteiger partial charge on any atom is 0.154 e. The van der Waals surface area contributed by atoms with Crippen LogP contribution in [0.15, 0.2) is 24.3 Å². The molecule has 0 aromatic heterocycles. The highest BCUT2D eigenvalue weighted by Gasteiger charge is 2.21. The van der Waals surface area contributed by atoms with Gasteiger partial charge in [0.25, 0.3) is 0 Å². The fourth-order valence-corrected chi connectivity index (χ4v) is 2.65. The highest BCUT2D eigenvalue weighted by atomic mass is 32.2. The number of benzene rings is 1. The van der Waals surface area contributed by atoms with Gasteiger partial charge < -0.3 is 10.5 Å². The summed E-state index contributed by atoms with van der Waals surface area (Å²) >= 11 is 0. The van der Waals surface area contributed by atoms with Crippen LogP contribution in [0.1, 0.15) is 38.8 Å². The van der Waals surface area contributed by atoms with E-state index in [9.17, 15) is 8.42 Å². The van der Waals surface area contributed by atoms with Crippen LogP contribution in [0.3, 0.4) is 0 Å². The van der Waals surface area contributed by atoms with E-state index in [0.717, 1.165) is 17.7 Å². The molecule has 0 bridgehead atoms. The zero-order valence-corrected chi connectivity index (χ0v) is 12.6. The number of hydrogen-bond acceptors (Lipinski definition) is 4. The smallest absolute Gasteiger partial charge is 0.154 e. The van der Waals surface area contributed by atoms with Gasteiger partial charge in [0.2, 0.25) is 0 Å². The minimum absolute atomic E-state index is 0.0279. The summed E-state index contributed by atoms with van der Waals surface area (Å²) < 4.78 is 29.1. The maximum atomic E-state index is 11.8. The second-order valence-corrected chi connectivity index (χ2v) is 7.50. The number of rotatable bonds is 7. The Bertz CT molecular complexity index is 480. The van der Waals surface area contributed by atoms with Gasteiger partial charge in [-0.2, -0.15) is 0 Å². The van der Waals surface area contributed by atoms with E-state index in [1.165, 1.54) is 0 Å². The zero-order valence-electron chi connectivity index (χ0n) is 11.8. The van der Waals surface area contributed by atoms with Crippen LogP contribution < -0.4 is 10.5 Å². The molecule has 0 amide bonds. The molecule has 5 heteroatoms. The van der Waals surface area contributed by atoms with E-state index in [2.05, 4.69) is 0 Å². The van der Waals surface area contributed by atoms with E-state index in [4.69, 9.17) is 10.5 Å². The van der Waals surface area contributed by atoms with Crippen molar-refractivity contribution < 1.29 is 13.2 Å². The highest BCUT2D eigenvalue weighted by Crippen LogP contribution is 2.19. The van der Waals surface area contributed by atoms with Crippen molar-refractivity contribution >= 4 is 9.84 Å². The third-order valence-electron chi connectivity index (χ3n) is 2.91. The zero-order chi connectivity index (χ0) is 14.5. The molecule has 1 aromatic carbocycles. The van der Waals surface area contributed by atoms with Crippen LogP contribution in [0.4, 0.5) is 0 Å². The van der Waals surface area contributed by atoms with Crippen LogP contribution in [0.25, 0.3) is 0 Å². The van der Waals surface area contributed by atoms with Crippen molar-refractivity contribution in [3.8, 4) is 5.75 Å². The first-order chi connectivity index (χ1) is 8.86. The van der Waals surface area contributed by atoms with Gasteiger partial charge in [-0.1, -0.05) is 19.1 Å². The molecular weight excluding hydrogens is 262 g/mol. The lowest BCUT2D eigenvalue weighted by atomic mass is 10.1. The van der Waals surface area contributed by atoms with Gasteiger partial charge in [0.1, 0.15) is 5.75 Å². The van der Waals surface area contributed by atoms with E-state index in [0.29, 0.717) is 6.61 Å². The molecule has 0 aliphatic rings. The number of nitrogens with two attached hydrogens (primary N) is 1. The molecule has 1 aromatic rings. The summed E-state index contributed by atoms with van der Waals surface area (Å²) in [6, 6.07) is 6.81. The van der Waals surface area contributed by atoms with Crippen LogP contribution in [0, 0.1) is 0 Å². The van der Waals surface area contributed by atoms with Crippen molar-refractivity contribution in [3.63, 3.8) is 0 Å². The van der Waals surface area contributed by atoms with E-state index >= 15 is 0 Å². The third-order valence-corrected chi connectivity index (χ3v) is 5.17. The van der Waals surface area contributed by atoms with Crippen molar-refractivity contribution in [3.05, 3.63) is 29.8 Å². The first kappa shape index (κ1) is 16.0. The summed E-state index contributed by atoms with van der Waals surface area (Å²) in [5, 5.41) is -0.397. The fourth-order valence-electron chi connectivity index (χ4n) is 1.57. The van der Waals surface area contributed by atoms with Gasteiger partial charge >= 0.3 is 0 Å². The predicted octanol–water partition coefficient (Wildman–Crippen LogP) is 2.30. The lowest BCUT2D eigenvalue weighted by Crippen LogP contribution is -2.26. The third kappa shape index (κ3) is 4.84. The summed E-state index contributed by atoms with van der Waals surface area (Å²) in [5.74, 6) is 0.754. The maximum absolute atomic E-state index is 11.8. The Balaban J connectivity index is 2.70. The Labute approximate surface area is 115 Å². The minimum Gasteiger partial charge on any atom is -0.494 e. The first-order valence-electron chi connectivity index (χ1n) is 6.56. The largest absolute Gasteiger partial charge is 0.494 e. The monoisotopic (exact) mass is 285 g/mol. The molecule has 1 unspecified atom stereocenters. The molecule has 0 saturated heterocycles. The molecule has 2 N–H and O–H groups in total. The Morgan fingerprint density at radius 1 is 1.21 bits per heavy atom. The van der Waals surface area contributed by atoms with Crippen LogP contribution in [0.2, 0.25) is 0 Å². The van der Waals surface area contributed by atoms with Crippen LogP contribution in [-0.4, -0.2) is 26.0 Å². The molecule has 0 radical (unpaired) electrons. The molecule has 0 aliphatic heterocycles. The van der Waals surface area contributed by atoms with Gasteiger partial charge in [0.15, 0.2) is 9.84 Å². The van der Waals surface area contributed by atoms with Crippen LogP contribution >= 0.6 is 0 Å². The number of ether oxygens (including phenoxy) is 1. The van der Waals surface area contributed by atoms with E-state index < -0.39 is 21.1 Å². The SMILES string of the molecule is CCCOc1ccc(C(N)CS(=O)(=O)C(C)C)cc1. The second kappa shape index (κ2) is 6.91. The quantitative estimate of drug-likeness (QED) is 0.834. The molecule has 0 heterocycles. The van der Waals surface area contributed by atoms with Gasteiger partial charge in [-0.25, -0.2) is 8.42 Å². The Morgan fingerprint density at radius 3 is 2.26 bits per heavy atom. The van der Waals surface area contributed by atoms with E-state index in [-0.39, 0.29) is 5.75 Å². The van der Waals surface area contributed by atoms with Crippen molar-refractivity contribution in [1.82, 2.24) is 0 Å². The van der Waals surface area contributed by atoms with Gasteiger partial charge in [-0.05, 0) is 38.0 Å². The lowest BCUT2D eigenvalue weighted by Gasteiger charge is -2.15. The lowest BCUT2D eigenvalue weighted by molar-refractivity contribution is 0.317. The molecule has 1 atom stereocenters. The number of sulfone groups is 1. The summed E-state index contributed by atoms with van der Waals surface area (Å²) in [4.78, 5) is 0. The summed E-state index contributed by atoms with van der Waals surface area (Å²) in [7, 11) is -3.13. The second-order valence-electron chi connectivity index (χ2n) is 4.90. The standard InChI is InChI=1S/C14H23NO3S/c1-4-9-18-13-7-5-12(6-8-13)14(15)10-19(16,17)11(2)3/h5-8,11,14H,4,9-10,15H2,1-3H3. The first-order valence-corrected chi connectivity index (χ1v) is 8.28. The molecular formula is C14H23NO3S. The molecule has 0 fully saturated rings. The highest BCUT2D eigenvalue weighted by molar-refractivity contribution is 7.92. The summed E-state index contributed by atoms with van der Waals surface area (Å²) in [6.45, 7) is 6.06. The van der Waals surface area contributed by atoms with E-state index in [1.807, 2.05) is 31.2 Å². The fraction of sp³-hybridized carbons (Fsp3) is 0.571. The van der Waals surface area contributed by atoms with Gasteiger partial charge in [0.05, 0.1) is 17.6 Å². The molecule has 0 spiro atoms. The summed E-state index contributed by atoms with van der Waals surface area (Å²) in [5.41, 5.74) is 6.76. The van der Waals surface area contributed by atoms with E-state index in [1.54, 1.807) is 13.8 Å². The Morgan fingerprint density at radius 2 is 1.79 bits per heavy atom. The molecule has 4 nitrogen and oxygen atoms in total.